The molecule has 0 saturated heterocycles. The van der Waals surface area contributed by atoms with Crippen LogP contribution in [0.1, 0.15) is 258 Å². The van der Waals surface area contributed by atoms with Crippen LogP contribution in [-0.2, 0) is 32.7 Å². The Balaban J connectivity index is 4.15. The number of ether oxygens (including phenoxy) is 2. The highest BCUT2D eigenvalue weighted by atomic mass is 31.2. The molecule has 9 nitrogen and oxygen atoms in total. The highest BCUT2D eigenvalue weighted by molar-refractivity contribution is 7.45. The van der Waals surface area contributed by atoms with Crippen molar-refractivity contribution < 1.29 is 42.1 Å². The first-order valence-electron chi connectivity index (χ1n) is 29.0. The molecule has 0 aromatic heterocycles. The van der Waals surface area contributed by atoms with Gasteiger partial charge in [-0.3, -0.25) is 14.2 Å². The van der Waals surface area contributed by atoms with Gasteiger partial charge in [-0.15, -0.1) is 0 Å². The van der Waals surface area contributed by atoms with Crippen LogP contribution in [-0.4, -0.2) is 70.0 Å². The van der Waals surface area contributed by atoms with Crippen LogP contribution in [0.2, 0.25) is 0 Å². The second-order valence-corrected chi connectivity index (χ2v) is 22.0. The summed E-state index contributed by atoms with van der Waals surface area (Å²) in [5, 5.41) is 0. The molecule has 2 atom stereocenters. The van der Waals surface area contributed by atoms with Crippen LogP contribution in [0.4, 0.5) is 0 Å². The zero-order valence-electron chi connectivity index (χ0n) is 46.2. The fraction of sp³-hybridized carbons (Fsp3) is 0.800. The van der Waals surface area contributed by atoms with Crippen molar-refractivity contribution in [3.05, 3.63) is 60.8 Å². The molecule has 0 saturated carbocycles. The van der Waals surface area contributed by atoms with Gasteiger partial charge in [-0.1, -0.05) is 248 Å². The fourth-order valence-electron chi connectivity index (χ4n) is 8.10. The summed E-state index contributed by atoms with van der Waals surface area (Å²) in [6.45, 7) is 4.11. The van der Waals surface area contributed by atoms with Crippen LogP contribution >= 0.6 is 7.82 Å². The lowest BCUT2D eigenvalue weighted by atomic mass is 10.0. The zero-order chi connectivity index (χ0) is 51.3. The van der Waals surface area contributed by atoms with Gasteiger partial charge in [0.25, 0.3) is 7.82 Å². The van der Waals surface area contributed by atoms with E-state index in [0.29, 0.717) is 17.4 Å². The summed E-state index contributed by atoms with van der Waals surface area (Å²) >= 11 is 0. The molecule has 0 bridgehead atoms. The Hall–Kier alpha value is -2.29. The molecule has 0 aliphatic carbocycles. The maximum atomic E-state index is 12.8. The maximum absolute atomic E-state index is 12.8. The van der Waals surface area contributed by atoms with E-state index in [0.717, 1.165) is 70.6 Å². The Morgan fingerprint density at radius 2 is 0.814 bits per heavy atom. The topological polar surface area (TPSA) is 111 Å². The lowest BCUT2D eigenvalue weighted by Crippen LogP contribution is -2.37. The number of hydrogen-bond donors (Lipinski definition) is 0. The van der Waals surface area contributed by atoms with E-state index in [9.17, 15) is 19.0 Å². The summed E-state index contributed by atoms with van der Waals surface area (Å²) in [5.74, 6) is -0.864. The summed E-state index contributed by atoms with van der Waals surface area (Å²) in [6, 6.07) is 0. The highest BCUT2D eigenvalue weighted by Gasteiger charge is 2.21. The molecule has 10 heteroatoms. The van der Waals surface area contributed by atoms with E-state index < -0.39 is 26.5 Å². The Labute approximate surface area is 432 Å². The molecule has 0 heterocycles. The number of hydrogen-bond acceptors (Lipinski definition) is 8. The minimum Gasteiger partial charge on any atom is -0.756 e. The van der Waals surface area contributed by atoms with E-state index in [4.69, 9.17) is 18.5 Å². The lowest BCUT2D eigenvalue weighted by Gasteiger charge is -2.28. The van der Waals surface area contributed by atoms with Gasteiger partial charge in [-0.05, 0) is 57.8 Å². The molecular formula is C60H110NO8P. The summed E-state index contributed by atoms with van der Waals surface area (Å²) in [5.41, 5.74) is 0. The summed E-state index contributed by atoms with van der Waals surface area (Å²) in [4.78, 5) is 37.8. The van der Waals surface area contributed by atoms with E-state index >= 15 is 0 Å². The van der Waals surface area contributed by atoms with Crippen molar-refractivity contribution in [2.24, 2.45) is 0 Å². The zero-order valence-corrected chi connectivity index (χ0v) is 47.1. The second-order valence-electron chi connectivity index (χ2n) is 20.6. The first-order chi connectivity index (χ1) is 34.0. The molecule has 70 heavy (non-hydrogen) atoms. The summed E-state index contributed by atoms with van der Waals surface area (Å²) < 4.78 is 34.1. The van der Waals surface area contributed by atoms with E-state index in [2.05, 4.69) is 74.6 Å². The molecule has 2 unspecified atom stereocenters. The number of carbonyl (C=O) groups is 2. The van der Waals surface area contributed by atoms with Gasteiger partial charge in [0.15, 0.2) is 6.10 Å². The van der Waals surface area contributed by atoms with Crippen LogP contribution in [0.15, 0.2) is 60.8 Å². The molecular weight excluding hydrogens is 894 g/mol. The van der Waals surface area contributed by atoms with Crippen LogP contribution < -0.4 is 4.89 Å². The number of likely N-dealkylation sites (N-methyl/N-ethyl adjacent to an activating group) is 1. The van der Waals surface area contributed by atoms with E-state index in [1.807, 2.05) is 21.1 Å². The van der Waals surface area contributed by atoms with Gasteiger partial charge in [-0.2, -0.15) is 0 Å². The van der Waals surface area contributed by atoms with E-state index in [1.54, 1.807) is 0 Å². The number of quaternary nitrogens is 1. The predicted molar refractivity (Wildman–Crippen MR) is 296 cm³/mol. The molecule has 0 amide bonds. The average molecular weight is 1000 g/mol. The molecule has 0 radical (unpaired) electrons. The quantitative estimate of drug-likeness (QED) is 0.0195. The number of phosphoric ester groups is 1. The molecule has 408 valence electrons. The third-order valence-electron chi connectivity index (χ3n) is 12.6. The van der Waals surface area contributed by atoms with Crippen LogP contribution in [0.25, 0.3) is 0 Å². The molecule has 0 aliphatic rings. The molecule has 0 aliphatic heterocycles. The largest absolute Gasteiger partial charge is 0.756 e. The summed E-state index contributed by atoms with van der Waals surface area (Å²) in [6.07, 6.45) is 65.7. The fourth-order valence-corrected chi connectivity index (χ4v) is 8.82. The normalized spacial score (nSPS) is 13.7. The van der Waals surface area contributed by atoms with Crippen molar-refractivity contribution in [1.29, 1.82) is 0 Å². The number of nitrogens with zero attached hydrogens (tertiary/aromatic N) is 1. The van der Waals surface area contributed by atoms with E-state index in [1.165, 1.54) is 154 Å². The summed E-state index contributed by atoms with van der Waals surface area (Å²) in [7, 11) is 1.14. The standard InChI is InChI=1S/C60H110NO8P/c1-6-8-10-12-14-16-18-20-22-24-26-27-28-29-30-31-32-33-35-36-38-40-42-44-46-48-50-52-59(62)66-56-58(57-68-70(64,65)67-55-54-61(3,4)5)69-60(63)53-51-49-47-45-43-41-39-37-34-25-23-21-19-17-15-13-11-9-7-2/h9,11,15,17,21,23,34,37,41,43,58H,6-8,10,12-14,16,18-20,22,24-33,35-36,38-40,42,44-57H2,1-5H3/b11-9-,17-15-,23-21-,37-34-,43-41-. The Morgan fingerprint density at radius 3 is 1.21 bits per heavy atom. The van der Waals surface area contributed by atoms with E-state index in [-0.39, 0.29) is 32.0 Å². The number of esters is 2. The second kappa shape index (κ2) is 51.6. The molecule has 0 aromatic rings. The minimum atomic E-state index is -4.65. The number of carbonyl (C=O) groups excluding carboxylic acids is 2. The van der Waals surface area contributed by atoms with Crippen molar-refractivity contribution in [2.45, 2.75) is 264 Å². The van der Waals surface area contributed by atoms with Gasteiger partial charge < -0.3 is 27.9 Å². The Bertz CT molecular complexity index is 1370. The maximum Gasteiger partial charge on any atom is 0.306 e. The Kier molecular flexibility index (Phi) is 49.9. The SMILES string of the molecule is CC/C=C\C/C=C\C/C=C\C/C=C\C/C=C\CCCCCC(=O)OC(COC(=O)CCCCCCCCCCCCCCCCCCCCCCCCCCCCC)COP(=O)([O-])OCC[N+](C)(C)C. The van der Waals surface area contributed by atoms with Crippen molar-refractivity contribution in [2.75, 3.05) is 47.5 Å². The molecule has 0 aromatic carbocycles. The minimum absolute atomic E-state index is 0.0387. The van der Waals surface area contributed by atoms with Gasteiger partial charge in [0.2, 0.25) is 0 Å². The highest BCUT2D eigenvalue weighted by Crippen LogP contribution is 2.38. The lowest BCUT2D eigenvalue weighted by molar-refractivity contribution is -0.870. The molecule has 0 fully saturated rings. The van der Waals surface area contributed by atoms with Gasteiger partial charge in [-0.25, -0.2) is 0 Å². The number of rotatable bonds is 53. The number of phosphoric acid groups is 1. The smallest absolute Gasteiger partial charge is 0.306 e. The number of unbranched alkanes of at least 4 members (excludes halogenated alkanes) is 29. The third kappa shape index (κ3) is 55.0. The molecule has 0 rings (SSSR count). The van der Waals surface area contributed by atoms with Crippen LogP contribution in [0.3, 0.4) is 0 Å². The van der Waals surface area contributed by atoms with Crippen LogP contribution in [0.5, 0.6) is 0 Å². The predicted octanol–water partition coefficient (Wildman–Crippen LogP) is 17.3. The molecule has 0 spiro atoms. The van der Waals surface area contributed by atoms with Gasteiger partial charge in [0.05, 0.1) is 27.7 Å². The van der Waals surface area contributed by atoms with Gasteiger partial charge >= 0.3 is 11.9 Å². The third-order valence-corrected chi connectivity index (χ3v) is 13.5. The van der Waals surface area contributed by atoms with Crippen LogP contribution in [0, 0.1) is 0 Å². The van der Waals surface area contributed by atoms with Crippen molar-refractivity contribution >= 4 is 19.8 Å². The Morgan fingerprint density at radius 1 is 0.457 bits per heavy atom. The first kappa shape index (κ1) is 67.7. The van der Waals surface area contributed by atoms with Gasteiger partial charge in [0.1, 0.15) is 19.8 Å². The first-order valence-corrected chi connectivity index (χ1v) is 30.5. The van der Waals surface area contributed by atoms with Gasteiger partial charge in [0, 0.05) is 12.8 Å². The number of allylic oxidation sites excluding steroid dienone is 10. The molecule has 0 N–H and O–H groups in total. The van der Waals surface area contributed by atoms with Crippen molar-refractivity contribution in [1.82, 2.24) is 0 Å². The van der Waals surface area contributed by atoms with Crippen molar-refractivity contribution in [3.8, 4) is 0 Å². The average Bonchev–Trinajstić information content (AvgIpc) is 3.32. The monoisotopic (exact) mass is 1000 g/mol. The van der Waals surface area contributed by atoms with Crippen molar-refractivity contribution in [3.63, 3.8) is 0 Å².